The second kappa shape index (κ2) is 9.29. The molecule has 1 unspecified atom stereocenters. The van der Waals surface area contributed by atoms with Crippen molar-refractivity contribution in [2.24, 2.45) is 0 Å². The molecule has 20 heavy (non-hydrogen) atoms. The molecule has 0 radical (unpaired) electrons. The second-order valence-corrected chi connectivity index (χ2v) is 5.62. The predicted molar refractivity (Wildman–Crippen MR) is 77.1 cm³/mol. The molecule has 0 saturated carbocycles. The SMILES string of the molecule is CCC(C)[P-]C(=O)c1c(OC)ccc(OC)c1OC.[Li+]. The number of carbonyl (C=O) groups excluding carboxylic acids is 1. The Hall–Kier alpha value is -0.683. The number of rotatable bonds is 7. The van der Waals surface area contributed by atoms with Crippen LogP contribution in [0.25, 0.3) is 0 Å². The molecule has 0 bridgehead atoms. The average molecular weight is 290 g/mol. The quantitative estimate of drug-likeness (QED) is 0.545. The van der Waals surface area contributed by atoms with E-state index in [9.17, 15) is 4.79 Å². The molecule has 0 fully saturated rings. The van der Waals surface area contributed by atoms with Gasteiger partial charge in [0.25, 0.3) is 0 Å². The number of hydrogen-bond donors (Lipinski definition) is 0. The van der Waals surface area contributed by atoms with Gasteiger partial charge in [-0.05, 0) is 12.1 Å². The summed E-state index contributed by atoms with van der Waals surface area (Å²) in [6, 6.07) is 3.45. The van der Waals surface area contributed by atoms with Crippen molar-refractivity contribution in [3.05, 3.63) is 17.7 Å². The molecule has 6 heteroatoms. The second-order valence-electron chi connectivity index (χ2n) is 4.07. The van der Waals surface area contributed by atoms with Gasteiger partial charge in [-0.1, -0.05) is 20.3 Å². The van der Waals surface area contributed by atoms with Crippen LogP contribution in [-0.2, 0) is 0 Å². The smallest absolute Gasteiger partial charge is 0.496 e. The van der Waals surface area contributed by atoms with Crippen LogP contribution in [0, 0.1) is 0 Å². The maximum Gasteiger partial charge on any atom is 1.00 e. The molecule has 0 aliphatic rings. The zero-order chi connectivity index (χ0) is 14.4. The van der Waals surface area contributed by atoms with E-state index in [1.807, 2.05) is 6.92 Å². The van der Waals surface area contributed by atoms with Crippen molar-refractivity contribution in [3.63, 3.8) is 0 Å². The van der Waals surface area contributed by atoms with Crippen molar-refractivity contribution in [1.82, 2.24) is 0 Å². The van der Waals surface area contributed by atoms with E-state index < -0.39 is 0 Å². The first-order valence-corrected chi connectivity index (χ1v) is 7.09. The van der Waals surface area contributed by atoms with Gasteiger partial charge in [0.2, 0.25) is 0 Å². The van der Waals surface area contributed by atoms with Gasteiger partial charge in [0.15, 0.2) is 11.5 Å². The maximum absolute atomic E-state index is 12.4. The predicted octanol–water partition coefficient (Wildman–Crippen LogP) is 0.601. The third-order valence-corrected chi connectivity index (χ3v) is 4.13. The zero-order valence-corrected chi connectivity index (χ0v) is 13.9. The van der Waals surface area contributed by atoms with Crippen LogP contribution in [0.3, 0.4) is 0 Å². The Bertz CT molecular complexity index is 451. The summed E-state index contributed by atoms with van der Waals surface area (Å²) in [5.74, 6) is 1.48. The van der Waals surface area contributed by atoms with Gasteiger partial charge in [0.05, 0.1) is 26.9 Å². The Morgan fingerprint density at radius 2 is 1.70 bits per heavy atom. The van der Waals surface area contributed by atoms with E-state index in [1.54, 1.807) is 19.2 Å². The number of carbonyl (C=O) groups is 1. The summed E-state index contributed by atoms with van der Waals surface area (Å²) in [7, 11) is 5.35. The van der Waals surface area contributed by atoms with Crippen LogP contribution < -0.4 is 33.1 Å². The summed E-state index contributed by atoms with van der Waals surface area (Å²) in [4.78, 5) is 12.4. The third-order valence-electron chi connectivity index (χ3n) is 2.87. The monoisotopic (exact) mass is 290 g/mol. The molecule has 1 atom stereocenters. The molecule has 1 aromatic rings. The van der Waals surface area contributed by atoms with Gasteiger partial charge in [-0.2, -0.15) is 5.66 Å². The van der Waals surface area contributed by atoms with Crippen molar-refractivity contribution >= 4 is 14.1 Å². The summed E-state index contributed by atoms with van der Waals surface area (Å²) in [5.41, 5.74) is 0.737. The summed E-state index contributed by atoms with van der Waals surface area (Å²) in [6.07, 6.45) is 0.946. The Morgan fingerprint density at radius 1 is 1.15 bits per heavy atom. The molecule has 0 aliphatic heterocycles. The molecule has 0 heterocycles. The van der Waals surface area contributed by atoms with E-state index in [0.717, 1.165) is 15.0 Å². The first-order chi connectivity index (χ1) is 9.08. The maximum atomic E-state index is 12.4. The minimum atomic E-state index is -0.0121. The molecule has 1 rings (SSSR count). The normalized spacial score (nSPS) is 11.8. The fraction of sp³-hybridized carbons (Fsp3) is 0.500. The van der Waals surface area contributed by atoms with Crippen molar-refractivity contribution in [3.8, 4) is 17.2 Å². The fourth-order valence-electron chi connectivity index (χ4n) is 1.64. The molecule has 0 aliphatic carbocycles. The summed E-state index contributed by atoms with van der Waals surface area (Å²) >= 11 is 0. The van der Waals surface area contributed by atoms with Crippen LogP contribution in [0.4, 0.5) is 0 Å². The minimum absolute atomic E-state index is 0. The molecule has 0 amide bonds. The fourth-order valence-corrected chi connectivity index (χ4v) is 2.56. The van der Waals surface area contributed by atoms with Crippen molar-refractivity contribution in [2.75, 3.05) is 21.3 Å². The first kappa shape index (κ1) is 19.3. The van der Waals surface area contributed by atoms with Gasteiger partial charge in [-0.3, -0.25) is 0 Å². The summed E-state index contributed by atoms with van der Waals surface area (Å²) in [6.45, 7) is 4.10. The van der Waals surface area contributed by atoms with Crippen molar-refractivity contribution < 1.29 is 37.9 Å². The molecule has 4 nitrogen and oxygen atoms in total. The number of ether oxygens (including phenoxy) is 3. The van der Waals surface area contributed by atoms with Gasteiger partial charge in [-0.25, -0.2) is 0 Å². The molecule has 1 aromatic carbocycles. The largest absolute Gasteiger partial charge is 1.00 e. The molecule has 0 aromatic heterocycles. The van der Waals surface area contributed by atoms with Crippen LogP contribution >= 0.6 is 8.58 Å². The topological polar surface area (TPSA) is 44.8 Å². The first-order valence-electron chi connectivity index (χ1n) is 6.13. The van der Waals surface area contributed by atoms with Gasteiger partial charge >= 0.3 is 18.9 Å². The van der Waals surface area contributed by atoms with Crippen LogP contribution in [0.1, 0.15) is 30.6 Å². The molecule has 0 saturated heterocycles. The number of methoxy groups -OCH3 is 3. The Kier molecular flexibility index (Phi) is 8.97. The van der Waals surface area contributed by atoms with Crippen LogP contribution in [-0.4, -0.2) is 32.5 Å². The Balaban J connectivity index is 0.00000361. The molecule has 0 N–H and O–H groups in total. The summed E-state index contributed by atoms with van der Waals surface area (Å²) < 4.78 is 15.8. The van der Waals surface area contributed by atoms with Crippen LogP contribution in [0.2, 0.25) is 0 Å². The van der Waals surface area contributed by atoms with E-state index >= 15 is 0 Å². The van der Waals surface area contributed by atoms with Crippen LogP contribution in [0.15, 0.2) is 12.1 Å². The van der Waals surface area contributed by atoms with Crippen molar-refractivity contribution in [1.29, 1.82) is 0 Å². The molecular weight excluding hydrogens is 270 g/mol. The summed E-state index contributed by atoms with van der Waals surface area (Å²) in [5, 5.41) is 0. The van der Waals surface area contributed by atoms with E-state index in [0.29, 0.717) is 28.5 Å². The van der Waals surface area contributed by atoms with E-state index in [4.69, 9.17) is 14.2 Å². The van der Waals surface area contributed by atoms with Gasteiger partial charge in [-0.15, -0.1) is 0 Å². The van der Waals surface area contributed by atoms with Gasteiger partial charge in [0, 0.05) is 5.52 Å². The molecule has 0 spiro atoms. The van der Waals surface area contributed by atoms with E-state index in [1.165, 1.54) is 14.2 Å². The number of hydrogen-bond acceptors (Lipinski definition) is 4. The van der Waals surface area contributed by atoms with Gasteiger partial charge < -0.3 is 27.6 Å². The zero-order valence-electron chi connectivity index (χ0n) is 13.0. The standard InChI is InChI=1S/C14H20O4P.Li/c1-6-9(2)19-14(15)12-10(16-3)7-8-11(17-4)13(12)18-5;/h7-9H,6H2,1-5H3;/q-1;+1. The van der Waals surface area contributed by atoms with Gasteiger partial charge in [0.1, 0.15) is 5.75 Å². The third kappa shape index (κ3) is 4.41. The van der Waals surface area contributed by atoms with Crippen LogP contribution in [0.5, 0.6) is 17.2 Å². The molecular formula is C14H20LiO4P. The average Bonchev–Trinajstić information content (AvgIpc) is 2.44. The molecule has 106 valence electrons. The Morgan fingerprint density at radius 3 is 2.15 bits per heavy atom. The van der Waals surface area contributed by atoms with E-state index in [2.05, 4.69) is 6.92 Å². The van der Waals surface area contributed by atoms with E-state index in [-0.39, 0.29) is 24.4 Å². The van der Waals surface area contributed by atoms with Crippen molar-refractivity contribution in [2.45, 2.75) is 25.9 Å². The Labute approximate surface area is 134 Å². The number of benzene rings is 1. The minimum Gasteiger partial charge on any atom is -0.496 e.